The summed E-state index contributed by atoms with van der Waals surface area (Å²) in [5, 5.41) is 1.03. The van der Waals surface area contributed by atoms with E-state index >= 15 is 0 Å². The van der Waals surface area contributed by atoms with E-state index < -0.39 is 10.1 Å². The van der Waals surface area contributed by atoms with Gasteiger partial charge in [0.25, 0.3) is 5.01 Å². The lowest BCUT2D eigenvalue weighted by Crippen LogP contribution is -2.35. The molecule has 0 aliphatic rings. The smallest absolute Gasteiger partial charge is 0.262 e. The summed E-state index contributed by atoms with van der Waals surface area (Å²) in [5.74, 6) is -0.341. The van der Waals surface area contributed by atoms with Gasteiger partial charge in [-0.15, -0.1) is 0 Å². The second-order valence-electron chi connectivity index (χ2n) is 5.42. The Kier molecular flexibility index (Phi) is 5.08. The molecule has 0 unspecified atom stereocenters. The summed E-state index contributed by atoms with van der Waals surface area (Å²) in [4.78, 5) is 0. The molecule has 0 aliphatic carbocycles. The number of hydrogen-bond donors (Lipinski definition) is 0. The monoisotopic (exact) mass is 359 g/mol. The Morgan fingerprint density at radius 3 is 2.46 bits per heavy atom. The van der Waals surface area contributed by atoms with Crippen LogP contribution in [-0.2, 0) is 16.7 Å². The second kappa shape index (κ2) is 7.25. The number of nitrogens with zero attached hydrogens (tertiary/aromatic N) is 1. The molecule has 124 valence electrons. The highest BCUT2D eigenvalue weighted by molar-refractivity contribution is 7.85. The number of rotatable bonds is 6. The molecule has 3 rings (SSSR count). The number of benzene rings is 2. The molecule has 0 bridgehead atoms. The third kappa shape index (κ3) is 4.29. The van der Waals surface area contributed by atoms with E-state index in [1.165, 1.54) is 0 Å². The third-order valence-corrected chi connectivity index (χ3v) is 5.55. The van der Waals surface area contributed by atoms with Crippen LogP contribution in [0.4, 0.5) is 0 Å². The van der Waals surface area contributed by atoms with Gasteiger partial charge in [0.2, 0.25) is 5.52 Å². The highest BCUT2D eigenvalue weighted by Gasteiger charge is 2.18. The van der Waals surface area contributed by atoms with Crippen molar-refractivity contribution in [3.8, 4) is 0 Å². The molecule has 0 spiro atoms. The predicted octanol–water partition coefficient (Wildman–Crippen LogP) is 3.29. The summed E-state index contributed by atoms with van der Waals surface area (Å²) in [7, 11) is -4.18. The van der Waals surface area contributed by atoms with Crippen LogP contribution in [0.2, 0.25) is 0 Å². The van der Waals surface area contributed by atoms with Gasteiger partial charge in [-0.2, -0.15) is 4.57 Å². The molecule has 0 atom stereocenters. The van der Waals surface area contributed by atoms with E-state index in [0.717, 1.165) is 20.8 Å². The minimum atomic E-state index is -4.18. The standard InChI is InChI=1S/C18H17NO3S2/c20-24(21,22)14-6-13-19-16-9-4-5-10-17(16)23-18(19)12-11-15-7-2-1-3-8-15/h1-5,7-12H,6,13-14H2. The summed E-state index contributed by atoms with van der Waals surface area (Å²) in [5.41, 5.74) is 2.15. The van der Waals surface area contributed by atoms with Crippen molar-refractivity contribution in [2.45, 2.75) is 13.0 Å². The quantitative estimate of drug-likeness (QED) is 0.501. The molecule has 4 nitrogen and oxygen atoms in total. The molecular formula is C18H17NO3S2. The van der Waals surface area contributed by atoms with Gasteiger partial charge in [0.1, 0.15) is 4.70 Å². The zero-order valence-electron chi connectivity index (χ0n) is 13.0. The van der Waals surface area contributed by atoms with Crippen molar-refractivity contribution < 1.29 is 17.5 Å². The molecule has 0 N–H and O–H groups in total. The van der Waals surface area contributed by atoms with Crippen molar-refractivity contribution >= 4 is 43.8 Å². The fraction of sp³-hybridized carbons (Fsp3) is 0.167. The molecular weight excluding hydrogens is 342 g/mol. The Labute approximate surface area is 145 Å². The SMILES string of the molecule is O=S(=O)([O-])CCC[n+]1c(C=Cc2ccccc2)sc2ccccc21. The average Bonchev–Trinajstić information content (AvgIpc) is 2.91. The fourth-order valence-electron chi connectivity index (χ4n) is 2.54. The maximum Gasteiger partial charge on any atom is 0.262 e. The van der Waals surface area contributed by atoms with Crippen molar-refractivity contribution in [1.29, 1.82) is 0 Å². The highest BCUT2D eigenvalue weighted by atomic mass is 32.2. The zero-order valence-corrected chi connectivity index (χ0v) is 14.6. The van der Waals surface area contributed by atoms with E-state index in [9.17, 15) is 13.0 Å². The van der Waals surface area contributed by atoms with Gasteiger partial charge in [0.05, 0.1) is 10.1 Å². The molecule has 1 heterocycles. The Morgan fingerprint density at radius 1 is 1.00 bits per heavy atom. The first-order valence-corrected chi connectivity index (χ1v) is 10.0. The van der Waals surface area contributed by atoms with Gasteiger partial charge < -0.3 is 4.55 Å². The minimum Gasteiger partial charge on any atom is -0.748 e. The van der Waals surface area contributed by atoms with Crippen LogP contribution in [0.25, 0.3) is 22.4 Å². The summed E-state index contributed by atoms with van der Waals surface area (Å²) in [6.07, 6.45) is 4.38. The van der Waals surface area contributed by atoms with Crippen LogP contribution in [0.3, 0.4) is 0 Å². The maximum absolute atomic E-state index is 10.8. The largest absolute Gasteiger partial charge is 0.748 e. The van der Waals surface area contributed by atoms with Crippen molar-refractivity contribution in [2.24, 2.45) is 0 Å². The number of para-hydroxylation sites is 1. The van der Waals surface area contributed by atoms with Crippen LogP contribution in [0, 0.1) is 0 Å². The van der Waals surface area contributed by atoms with Crippen LogP contribution in [0.5, 0.6) is 0 Å². The third-order valence-electron chi connectivity index (χ3n) is 3.63. The number of fused-ring (bicyclic) bond motifs is 1. The molecule has 6 heteroatoms. The van der Waals surface area contributed by atoms with E-state index in [4.69, 9.17) is 0 Å². The van der Waals surface area contributed by atoms with Crippen LogP contribution < -0.4 is 4.57 Å². The van der Waals surface area contributed by atoms with Crippen LogP contribution in [0.1, 0.15) is 17.0 Å². The lowest BCUT2D eigenvalue weighted by atomic mass is 10.2. The summed E-state index contributed by atoms with van der Waals surface area (Å²) < 4.78 is 35.7. The Morgan fingerprint density at radius 2 is 1.71 bits per heavy atom. The van der Waals surface area contributed by atoms with E-state index in [-0.39, 0.29) is 5.75 Å². The fourth-order valence-corrected chi connectivity index (χ4v) is 4.11. The molecule has 0 saturated carbocycles. The molecule has 0 fully saturated rings. The highest BCUT2D eigenvalue weighted by Crippen LogP contribution is 2.22. The van der Waals surface area contributed by atoms with E-state index in [1.54, 1.807) is 11.3 Å². The van der Waals surface area contributed by atoms with E-state index in [2.05, 4.69) is 4.57 Å². The van der Waals surface area contributed by atoms with Crippen molar-refractivity contribution in [3.63, 3.8) is 0 Å². The van der Waals surface area contributed by atoms with Gasteiger partial charge in [-0.05, 0) is 17.7 Å². The predicted molar refractivity (Wildman–Crippen MR) is 96.6 cm³/mol. The van der Waals surface area contributed by atoms with Crippen molar-refractivity contribution in [2.75, 3.05) is 5.75 Å². The first kappa shape index (κ1) is 16.8. The van der Waals surface area contributed by atoms with Gasteiger partial charge >= 0.3 is 0 Å². The first-order valence-electron chi connectivity index (χ1n) is 7.61. The number of thiazole rings is 1. The van der Waals surface area contributed by atoms with E-state index in [1.807, 2.05) is 66.7 Å². The Bertz CT molecular complexity index is 960. The van der Waals surface area contributed by atoms with Gasteiger partial charge in [0.15, 0.2) is 6.54 Å². The second-order valence-corrected chi connectivity index (χ2v) is 8.00. The molecule has 1 aromatic heterocycles. The van der Waals surface area contributed by atoms with Gasteiger partial charge in [-0.25, -0.2) is 8.42 Å². The minimum absolute atomic E-state index is 0.309. The van der Waals surface area contributed by atoms with Gasteiger partial charge in [-0.3, -0.25) is 0 Å². The summed E-state index contributed by atoms with van der Waals surface area (Å²) in [6.45, 7) is 0.500. The zero-order chi connectivity index (χ0) is 17.0. The number of aryl methyl sites for hydroxylation is 1. The van der Waals surface area contributed by atoms with Crippen molar-refractivity contribution in [3.05, 3.63) is 65.2 Å². The Hall–Kier alpha value is -2.02. The molecule has 0 radical (unpaired) electrons. The molecule has 24 heavy (non-hydrogen) atoms. The Balaban J connectivity index is 1.91. The van der Waals surface area contributed by atoms with Crippen LogP contribution >= 0.6 is 11.3 Å². The number of hydrogen-bond acceptors (Lipinski definition) is 4. The first-order chi connectivity index (χ1) is 11.5. The van der Waals surface area contributed by atoms with Crippen LogP contribution in [0.15, 0.2) is 54.6 Å². The molecule has 0 amide bonds. The lowest BCUT2D eigenvalue weighted by molar-refractivity contribution is -0.668. The van der Waals surface area contributed by atoms with Crippen LogP contribution in [-0.4, -0.2) is 18.7 Å². The molecule has 2 aromatic carbocycles. The summed E-state index contributed by atoms with van der Waals surface area (Å²) >= 11 is 1.65. The van der Waals surface area contributed by atoms with E-state index in [0.29, 0.717) is 13.0 Å². The summed E-state index contributed by atoms with van der Waals surface area (Å²) in [6, 6.07) is 18.0. The maximum atomic E-state index is 10.8. The number of aromatic nitrogens is 1. The molecule has 0 aliphatic heterocycles. The topological polar surface area (TPSA) is 61.1 Å². The van der Waals surface area contributed by atoms with Gasteiger partial charge in [-0.1, -0.05) is 53.8 Å². The lowest BCUT2D eigenvalue weighted by Gasteiger charge is -2.04. The normalized spacial score (nSPS) is 12.2. The average molecular weight is 359 g/mol. The van der Waals surface area contributed by atoms with Crippen molar-refractivity contribution in [1.82, 2.24) is 0 Å². The van der Waals surface area contributed by atoms with Gasteiger partial charge in [0, 0.05) is 24.3 Å². The molecule has 0 saturated heterocycles. The molecule has 3 aromatic rings.